The number of carbonyl (C=O) groups excluding carboxylic acids is 1. The Balaban J connectivity index is 1.56. The van der Waals surface area contributed by atoms with Gasteiger partial charge in [0.05, 0.1) is 13.5 Å². The number of tetrazole rings is 1. The van der Waals surface area contributed by atoms with Gasteiger partial charge in [0.25, 0.3) is 0 Å². The third-order valence-corrected chi connectivity index (χ3v) is 5.50. The molecule has 0 radical (unpaired) electrons. The maximum atomic E-state index is 12.8. The van der Waals surface area contributed by atoms with Gasteiger partial charge in [-0.15, -0.1) is 10.2 Å². The molecule has 1 aromatic rings. The van der Waals surface area contributed by atoms with E-state index in [0.717, 1.165) is 37.0 Å². The number of Topliss-reactive ketones (excluding diaryl/α,β-unsaturated/α-hetero) is 1. The summed E-state index contributed by atoms with van der Waals surface area (Å²) in [7, 11) is 1.74. The van der Waals surface area contributed by atoms with Crippen LogP contribution in [0.4, 0.5) is 0 Å². The lowest BCUT2D eigenvalue weighted by atomic mass is 9.48. The van der Waals surface area contributed by atoms with Gasteiger partial charge in [0.15, 0.2) is 5.82 Å². The summed E-state index contributed by atoms with van der Waals surface area (Å²) in [5, 5.41) is 11.9. The van der Waals surface area contributed by atoms with E-state index in [9.17, 15) is 4.79 Å². The number of carbonyl (C=O) groups is 1. The molecule has 0 N–H and O–H groups in total. The van der Waals surface area contributed by atoms with E-state index in [4.69, 9.17) is 0 Å². The van der Waals surface area contributed by atoms with Crippen LogP contribution in [-0.4, -0.2) is 26.0 Å². The summed E-state index contributed by atoms with van der Waals surface area (Å²) in [6.45, 7) is 0. The molecule has 1 aromatic heterocycles. The van der Waals surface area contributed by atoms with E-state index < -0.39 is 0 Å². The van der Waals surface area contributed by atoms with Crippen LogP contribution in [0.2, 0.25) is 0 Å². The topological polar surface area (TPSA) is 60.7 Å². The van der Waals surface area contributed by atoms with Crippen LogP contribution in [0.3, 0.4) is 0 Å². The molecule has 0 aliphatic heterocycles. The molecule has 5 heteroatoms. The minimum Gasteiger partial charge on any atom is -0.299 e. The molecule has 0 spiro atoms. The first-order chi connectivity index (χ1) is 9.13. The molecule has 4 aliphatic carbocycles. The van der Waals surface area contributed by atoms with Crippen molar-refractivity contribution in [2.75, 3.05) is 0 Å². The molecule has 0 saturated heterocycles. The third kappa shape index (κ3) is 1.82. The molecule has 4 bridgehead atoms. The molecule has 4 fully saturated rings. The second-order valence-electron chi connectivity index (χ2n) is 6.99. The highest BCUT2D eigenvalue weighted by molar-refractivity contribution is 5.86. The van der Waals surface area contributed by atoms with Crippen LogP contribution < -0.4 is 0 Å². The Kier molecular flexibility index (Phi) is 2.35. The summed E-state index contributed by atoms with van der Waals surface area (Å²) in [6, 6.07) is 0. The van der Waals surface area contributed by atoms with Gasteiger partial charge in [-0.05, 0) is 61.5 Å². The van der Waals surface area contributed by atoms with Gasteiger partial charge in [-0.2, -0.15) is 4.80 Å². The van der Waals surface area contributed by atoms with Crippen molar-refractivity contribution in [3.8, 4) is 0 Å². The van der Waals surface area contributed by atoms with Gasteiger partial charge in [0.1, 0.15) is 5.78 Å². The predicted molar refractivity (Wildman–Crippen MR) is 68.1 cm³/mol. The van der Waals surface area contributed by atoms with E-state index in [0.29, 0.717) is 18.0 Å². The van der Waals surface area contributed by atoms with Gasteiger partial charge < -0.3 is 0 Å². The minimum absolute atomic E-state index is 0.0338. The second-order valence-corrected chi connectivity index (χ2v) is 6.99. The van der Waals surface area contributed by atoms with E-state index in [1.54, 1.807) is 7.05 Å². The Morgan fingerprint density at radius 3 is 2.26 bits per heavy atom. The number of rotatable bonds is 3. The van der Waals surface area contributed by atoms with Crippen LogP contribution in [0, 0.1) is 23.2 Å². The van der Waals surface area contributed by atoms with Gasteiger partial charge >= 0.3 is 0 Å². The smallest absolute Gasteiger partial charge is 0.182 e. The van der Waals surface area contributed by atoms with Crippen molar-refractivity contribution in [3.63, 3.8) is 0 Å². The van der Waals surface area contributed by atoms with Gasteiger partial charge in [-0.25, -0.2) is 0 Å². The monoisotopic (exact) mass is 260 g/mol. The minimum atomic E-state index is -0.0338. The first-order valence-corrected chi connectivity index (χ1v) is 7.39. The van der Waals surface area contributed by atoms with E-state index in [1.165, 1.54) is 24.1 Å². The van der Waals surface area contributed by atoms with Crippen molar-refractivity contribution in [2.24, 2.45) is 30.2 Å². The highest BCUT2D eigenvalue weighted by Gasteiger charge is 2.54. The summed E-state index contributed by atoms with van der Waals surface area (Å²) in [4.78, 5) is 14.2. The summed E-state index contributed by atoms with van der Waals surface area (Å²) < 4.78 is 0. The molecule has 0 atom stereocenters. The lowest BCUT2D eigenvalue weighted by Gasteiger charge is -2.55. The van der Waals surface area contributed by atoms with Crippen molar-refractivity contribution in [1.29, 1.82) is 0 Å². The van der Waals surface area contributed by atoms with Crippen LogP contribution in [0.25, 0.3) is 0 Å². The van der Waals surface area contributed by atoms with Crippen LogP contribution >= 0.6 is 0 Å². The summed E-state index contributed by atoms with van der Waals surface area (Å²) in [6.07, 6.45) is 7.86. The quantitative estimate of drug-likeness (QED) is 0.827. The fraction of sp³-hybridized carbons (Fsp3) is 0.857. The number of nitrogens with zero attached hydrogens (tertiary/aromatic N) is 4. The van der Waals surface area contributed by atoms with Crippen LogP contribution in [0.15, 0.2) is 0 Å². The zero-order valence-electron chi connectivity index (χ0n) is 11.4. The first kappa shape index (κ1) is 11.6. The molecule has 5 rings (SSSR count). The maximum Gasteiger partial charge on any atom is 0.182 e. The molecule has 0 amide bonds. The molecular weight excluding hydrogens is 240 g/mol. The molecule has 1 heterocycles. The lowest BCUT2D eigenvalue weighted by Crippen LogP contribution is -2.50. The van der Waals surface area contributed by atoms with E-state index in [2.05, 4.69) is 15.4 Å². The fourth-order valence-corrected chi connectivity index (χ4v) is 5.18. The van der Waals surface area contributed by atoms with Gasteiger partial charge in [0.2, 0.25) is 0 Å². The second kappa shape index (κ2) is 3.87. The Morgan fingerprint density at radius 1 is 1.21 bits per heavy atom. The highest BCUT2D eigenvalue weighted by atomic mass is 16.1. The third-order valence-electron chi connectivity index (χ3n) is 5.50. The Labute approximate surface area is 112 Å². The summed E-state index contributed by atoms with van der Waals surface area (Å²) in [5.74, 6) is 3.39. The highest BCUT2D eigenvalue weighted by Crippen LogP contribution is 2.60. The molecule has 0 aromatic carbocycles. The first-order valence-electron chi connectivity index (χ1n) is 7.39. The maximum absolute atomic E-state index is 12.8. The van der Waals surface area contributed by atoms with Crippen LogP contribution in [0.5, 0.6) is 0 Å². The number of aryl methyl sites for hydroxylation is 1. The van der Waals surface area contributed by atoms with Gasteiger partial charge in [-0.3, -0.25) is 4.79 Å². The van der Waals surface area contributed by atoms with Crippen LogP contribution in [0.1, 0.15) is 44.3 Å². The standard InChI is InChI=1S/C14H20N4O/c1-18-16-13(15-17-18)5-12(19)14-6-9-2-10(7-14)4-11(3-9)8-14/h9-11H,2-8H2,1H3. The van der Waals surface area contributed by atoms with E-state index in [1.807, 2.05) is 0 Å². The summed E-state index contributed by atoms with van der Waals surface area (Å²) in [5.41, 5.74) is -0.0338. The zero-order chi connectivity index (χ0) is 13.0. The van der Waals surface area contributed by atoms with Crippen LogP contribution in [-0.2, 0) is 18.3 Å². The summed E-state index contributed by atoms with van der Waals surface area (Å²) >= 11 is 0. The Hall–Kier alpha value is -1.26. The SMILES string of the molecule is Cn1nnc(CC(=O)C23CC4CC(CC(C4)C2)C3)n1. The molecule has 0 unspecified atom stereocenters. The van der Waals surface area contributed by atoms with Crippen molar-refractivity contribution in [1.82, 2.24) is 20.2 Å². The number of hydrogen-bond acceptors (Lipinski definition) is 4. The van der Waals surface area contributed by atoms with E-state index in [-0.39, 0.29) is 5.41 Å². The molecule has 5 nitrogen and oxygen atoms in total. The molecule has 4 aliphatic rings. The molecular formula is C14H20N4O. The normalized spacial score (nSPS) is 39.7. The molecule has 102 valence electrons. The van der Waals surface area contributed by atoms with Crippen molar-refractivity contribution < 1.29 is 4.79 Å². The zero-order valence-corrected chi connectivity index (χ0v) is 11.4. The largest absolute Gasteiger partial charge is 0.299 e. The van der Waals surface area contributed by atoms with Crippen molar-refractivity contribution in [3.05, 3.63) is 5.82 Å². The molecule has 4 saturated carbocycles. The van der Waals surface area contributed by atoms with Gasteiger partial charge in [-0.1, -0.05) is 0 Å². The predicted octanol–water partition coefficient (Wildman–Crippen LogP) is 1.54. The Morgan fingerprint density at radius 2 is 1.79 bits per heavy atom. The average molecular weight is 260 g/mol. The lowest BCUT2D eigenvalue weighted by molar-refractivity contribution is -0.143. The van der Waals surface area contributed by atoms with Crippen molar-refractivity contribution >= 4 is 5.78 Å². The Bertz CT molecular complexity index is 486. The number of hydrogen-bond donors (Lipinski definition) is 0. The van der Waals surface area contributed by atoms with Gasteiger partial charge in [0, 0.05) is 5.41 Å². The van der Waals surface area contributed by atoms with E-state index >= 15 is 0 Å². The fourth-order valence-electron chi connectivity index (χ4n) is 5.18. The number of ketones is 1. The number of aromatic nitrogens is 4. The average Bonchev–Trinajstić information content (AvgIpc) is 2.73. The molecule has 19 heavy (non-hydrogen) atoms. The van der Waals surface area contributed by atoms with Crippen molar-refractivity contribution in [2.45, 2.75) is 44.9 Å².